The van der Waals surface area contributed by atoms with Crippen LogP contribution in [0.1, 0.15) is 36.2 Å². The van der Waals surface area contributed by atoms with Crippen LogP contribution >= 0.6 is 0 Å². The summed E-state index contributed by atoms with van der Waals surface area (Å²) in [5, 5.41) is 9.56. The fraction of sp³-hybridized carbons (Fsp3) is 0.308. The van der Waals surface area contributed by atoms with Crippen molar-refractivity contribution in [3.05, 3.63) is 41.5 Å². The van der Waals surface area contributed by atoms with E-state index in [2.05, 4.69) is 13.5 Å². The highest BCUT2D eigenvalue weighted by Gasteiger charge is 2.12. The minimum absolute atomic E-state index is 0.0304. The van der Waals surface area contributed by atoms with Gasteiger partial charge in [0.15, 0.2) is 5.78 Å². The monoisotopic (exact) mass is 204 g/mol. The Morgan fingerprint density at radius 1 is 1.47 bits per heavy atom. The zero-order chi connectivity index (χ0) is 11.4. The molecule has 0 saturated carbocycles. The van der Waals surface area contributed by atoms with Crippen molar-refractivity contribution in [1.29, 1.82) is 0 Å². The molecule has 0 bridgehead atoms. The second kappa shape index (κ2) is 4.78. The first-order valence-electron chi connectivity index (χ1n) is 5.08. The van der Waals surface area contributed by atoms with Crippen molar-refractivity contribution in [2.45, 2.75) is 26.7 Å². The Labute approximate surface area is 90.3 Å². The predicted molar refractivity (Wildman–Crippen MR) is 61.2 cm³/mol. The zero-order valence-electron chi connectivity index (χ0n) is 9.21. The van der Waals surface area contributed by atoms with Crippen LogP contribution < -0.4 is 0 Å². The number of benzene rings is 1. The average Bonchev–Trinajstić information content (AvgIpc) is 2.20. The third-order valence-electron chi connectivity index (χ3n) is 2.23. The maximum Gasteiger partial charge on any atom is 0.191 e. The van der Waals surface area contributed by atoms with Gasteiger partial charge in [0, 0.05) is 0 Å². The minimum atomic E-state index is -0.189. The fourth-order valence-electron chi connectivity index (χ4n) is 1.44. The van der Waals surface area contributed by atoms with E-state index >= 15 is 0 Å². The number of Topliss-reactive ketones (excluding diaryl/α,β-unsaturated/α-hetero) is 1. The van der Waals surface area contributed by atoms with Crippen LogP contribution in [0.3, 0.4) is 0 Å². The summed E-state index contributed by atoms with van der Waals surface area (Å²) in [6.07, 6.45) is 1.93. The average molecular weight is 204 g/mol. The van der Waals surface area contributed by atoms with Gasteiger partial charge in [0.1, 0.15) is 5.75 Å². The summed E-state index contributed by atoms with van der Waals surface area (Å²) in [7, 11) is 0. The fourth-order valence-corrected chi connectivity index (χ4v) is 1.44. The lowest BCUT2D eigenvalue weighted by molar-refractivity contribution is 0.103. The van der Waals surface area contributed by atoms with Crippen molar-refractivity contribution in [3.63, 3.8) is 0 Å². The summed E-state index contributed by atoms with van der Waals surface area (Å²) in [4.78, 5) is 11.7. The number of aryl methyl sites for hydroxylation is 1. The molecule has 15 heavy (non-hydrogen) atoms. The van der Waals surface area contributed by atoms with Gasteiger partial charge in [-0.1, -0.05) is 26.0 Å². The van der Waals surface area contributed by atoms with E-state index in [1.165, 1.54) is 0 Å². The summed E-state index contributed by atoms with van der Waals surface area (Å²) in [6.45, 7) is 7.31. The van der Waals surface area contributed by atoms with Crippen molar-refractivity contribution in [3.8, 4) is 5.75 Å². The SMILES string of the molecule is C=C(C)C(=O)c1cc(CCC)ccc1O. The lowest BCUT2D eigenvalue weighted by Gasteiger charge is -2.06. The van der Waals surface area contributed by atoms with Gasteiger partial charge in [0.05, 0.1) is 5.56 Å². The molecule has 1 aromatic carbocycles. The van der Waals surface area contributed by atoms with Crippen molar-refractivity contribution in [2.75, 3.05) is 0 Å². The Morgan fingerprint density at radius 3 is 2.67 bits per heavy atom. The number of phenolic OH excluding ortho intramolecular Hbond substituents is 1. The van der Waals surface area contributed by atoms with Crippen molar-refractivity contribution < 1.29 is 9.90 Å². The number of allylic oxidation sites excluding steroid dienone is 1. The highest BCUT2D eigenvalue weighted by molar-refractivity contribution is 6.09. The molecule has 1 aromatic rings. The van der Waals surface area contributed by atoms with E-state index in [0.29, 0.717) is 11.1 Å². The first-order valence-corrected chi connectivity index (χ1v) is 5.08. The van der Waals surface area contributed by atoms with Gasteiger partial charge in [0.2, 0.25) is 0 Å². The number of hydrogen-bond acceptors (Lipinski definition) is 2. The van der Waals surface area contributed by atoms with E-state index in [1.54, 1.807) is 19.1 Å². The highest BCUT2D eigenvalue weighted by atomic mass is 16.3. The molecule has 0 radical (unpaired) electrons. The second-order valence-electron chi connectivity index (χ2n) is 3.71. The van der Waals surface area contributed by atoms with Gasteiger partial charge in [-0.2, -0.15) is 0 Å². The van der Waals surface area contributed by atoms with Gasteiger partial charge in [0.25, 0.3) is 0 Å². The minimum Gasteiger partial charge on any atom is -0.507 e. The van der Waals surface area contributed by atoms with E-state index in [9.17, 15) is 9.90 Å². The van der Waals surface area contributed by atoms with E-state index < -0.39 is 0 Å². The number of carbonyl (C=O) groups excluding carboxylic acids is 1. The molecule has 2 heteroatoms. The Kier molecular flexibility index (Phi) is 3.67. The Balaban J connectivity index is 3.10. The molecular formula is C13H16O2. The van der Waals surface area contributed by atoms with Crippen LogP contribution in [0.15, 0.2) is 30.4 Å². The largest absolute Gasteiger partial charge is 0.507 e. The molecule has 0 unspecified atom stereocenters. The number of phenols is 1. The molecule has 2 nitrogen and oxygen atoms in total. The molecule has 1 N–H and O–H groups in total. The normalized spacial score (nSPS) is 10.0. The molecule has 0 aliphatic carbocycles. The first-order chi connectivity index (χ1) is 7.06. The molecule has 0 atom stereocenters. The number of hydrogen-bond donors (Lipinski definition) is 1. The molecule has 0 spiro atoms. The highest BCUT2D eigenvalue weighted by Crippen LogP contribution is 2.21. The van der Waals surface area contributed by atoms with Crippen LogP contribution in [0.25, 0.3) is 0 Å². The molecule has 0 fully saturated rings. The van der Waals surface area contributed by atoms with Gasteiger partial charge in [-0.3, -0.25) is 4.79 Å². The predicted octanol–water partition coefficient (Wildman–Crippen LogP) is 3.10. The summed E-state index contributed by atoms with van der Waals surface area (Å²) in [5.74, 6) is -0.159. The van der Waals surface area contributed by atoms with Crippen molar-refractivity contribution in [1.82, 2.24) is 0 Å². The van der Waals surface area contributed by atoms with E-state index in [0.717, 1.165) is 18.4 Å². The standard InChI is InChI=1S/C13H16O2/c1-4-5-10-6-7-12(14)11(8-10)13(15)9(2)3/h6-8,14H,2,4-5H2,1,3H3. The molecule has 0 aliphatic heterocycles. The van der Waals surface area contributed by atoms with E-state index in [4.69, 9.17) is 0 Å². The quantitative estimate of drug-likeness (QED) is 0.604. The van der Waals surface area contributed by atoms with Gasteiger partial charge >= 0.3 is 0 Å². The number of aromatic hydroxyl groups is 1. The van der Waals surface area contributed by atoms with E-state index in [1.807, 2.05) is 6.07 Å². The molecule has 0 heterocycles. The smallest absolute Gasteiger partial charge is 0.191 e. The van der Waals surface area contributed by atoms with Crippen LogP contribution in [0.5, 0.6) is 5.75 Å². The topological polar surface area (TPSA) is 37.3 Å². The van der Waals surface area contributed by atoms with Crippen LogP contribution in [0.4, 0.5) is 0 Å². The summed E-state index contributed by atoms with van der Waals surface area (Å²) in [5.41, 5.74) is 1.87. The number of rotatable bonds is 4. The maximum atomic E-state index is 11.7. The molecular weight excluding hydrogens is 188 g/mol. The molecule has 0 aliphatic rings. The first kappa shape index (κ1) is 11.5. The third-order valence-corrected chi connectivity index (χ3v) is 2.23. The summed E-state index contributed by atoms with van der Waals surface area (Å²) < 4.78 is 0. The van der Waals surface area contributed by atoms with E-state index in [-0.39, 0.29) is 11.5 Å². The Bertz CT molecular complexity index is 392. The molecule has 0 amide bonds. The van der Waals surface area contributed by atoms with Gasteiger partial charge in [-0.15, -0.1) is 0 Å². The molecule has 1 rings (SSSR count). The molecule has 80 valence electrons. The Morgan fingerprint density at radius 2 is 2.13 bits per heavy atom. The summed E-state index contributed by atoms with van der Waals surface area (Å²) in [6, 6.07) is 5.16. The lowest BCUT2D eigenvalue weighted by Crippen LogP contribution is -2.01. The molecule has 0 aromatic heterocycles. The van der Waals surface area contributed by atoms with Crippen molar-refractivity contribution >= 4 is 5.78 Å². The summed E-state index contributed by atoms with van der Waals surface area (Å²) >= 11 is 0. The number of carbonyl (C=O) groups is 1. The van der Waals surface area contributed by atoms with Crippen LogP contribution in [0.2, 0.25) is 0 Å². The molecule has 0 saturated heterocycles. The van der Waals surface area contributed by atoms with Crippen LogP contribution in [0, 0.1) is 0 Å². The number of ketones is 1. The second-order valence-corrected chi connectivity index (χ2v) is 3.71. The van der Waals surface area contributed by atoms with Crippen molar-refractivity contribution in [2.24, 2.45) is 0 Å². The maximum absolute atomic E-state index is 11.7. The zero-order valence-corrected chi connectivity index (χ0v) is 9.21. The van der Waals surface area contributed by atoms with Crippen LogP contribution in [-0.4, -0.2) is 10.9 Å². The van der Waals surface area contributed by atoms with Gasteiger partial charge < -0.3 is 5.11 Å². The van der Waals surface area contributed by atoms with Gasteiger partial charge in [-0.25, -0.2) is 0 Å². The lowest BCUT2D eigenvalue weighted by atomic mass is 10.0. The van der Waals surface area contributed by atoms with Crippen LogP contribution in [-0.2, 0) is 6.42 Å². The van der Waals surface area contributed by atoms with Gasteiger partial charge in [-0.05, 0) is 36.6 Å². The Hall–Kier alpha value is -1.57. The third kappa shape index (κ3) is 2.69.